The Hall–Kier alpha value is -1.62. The molecule has 0 aromatic carbocycles. The van der Waals surface area contributed by atoms with Gasteiger partial charge in [-0.25, -0.2) is 9.97 Å². The molecule has 0 aliphatic heterocycles. The highest BCUT2D eigenvalue weighted by molar-refractivity contribution is 7.51. The van der Waals surface area contributed by atoms with E-state index in [1.807, 2.05) is 0 Å². The predicted molar refractivity (Wildman–Crippen MR) is 76.5 cm³/mol. The lowest BCUT2D eigenvalue weighted by Crippen LogP contribution is -2.24. The van der Waals surface area contributed by atoms with E-state index in [1.54, 1.807) is 4.57 Å². The van der Waals surface area contributed by atoms with Gasteiger partial charge < -0.3 is 35.7 Å². The molecule has 122 valence electrons. The molecule has 0 aliphatic rings. The number of rotatable bonds is 7. The molecule has 2 aromatic rings. The van der Waals surface area contributed by atoms with E-state index in [2.05, 4.69) is 15.0 Å². The van der Waals surface area contributed by atoms with E-state index in [9.17, 15) is 9.67 Å². The van der Waals surface area contributed by atoms with Crippen LogP contribution in [0, 0.1) is 0 Å². The summed E-state index contributed by atoms with van der Waals surface area (Å²) >= 11 is 0. The zero-order valence-corrected chi connectivity index (χ0v) is 12.4. The fourth-order valence-electron chi connectivity index (χ4n) is 1.88. The highest BCUT2D eigenvalue weighted by Gasteiger charge is 2.19. The number of nitrogen functional groups attached to an aromatic ring is 1. The van der Waals surface area contributed by atoms with Crippen molar-refractivity contribution < 1.29 is 24.2 Å². The summed E-state index contributed by atoms with van der Waals surface area (Å²) in [5.74, 6) is 0.0337. The Labute approximate surface area is 125 Å². The highest BCUT2D eigenvalue weighted by Crippen LogP contribution is 2.34. The molecule has 1 unspecified atom stereocenters. The summed E-state index contributed by atoms with van der Waals surface area (Å²) in [5, 5.41) is 9.26. The van der Waals surface area contributed by atoms with Crippen LogP contribution in [-0.2, 0) is 22.4 Å². The SMILES string of the molecule is NCc1nc(N)nc2c1ncn2CC(CO)OCP(=O)(O)O. The lowest BCUT2D eigenvalue weighted by Gasteiger charge is -2.16. The monoisotopic (exact) mass is 332 g/mol. The Morgan fingerprint density at radius 1 is 1.41 bits per heavy atom. The number of ether oxygens (including phenoxy) is 1. The second kappa shape index (κ2) is 6.65. The van der Waals surface area contributed by atoms with Crippen molar-refractivity contribution in [2.24, 2.45) is 5.73 Å². The van der Waals surface area contributed by atoms with Crippen LogP contribution >= 0.6 is 7.60 Å². The molecule has 0 radical (unpaired) electrons. The second-order valence-corrected chi connectivity index (χ2v) is 6.15. The molecule has 0 fully saturated rings. The molecular weight excluding hydrogens is 315 g/mol. The molecule has 0 saturated heterocycles. The van der Waals surface area contributed by atoms with Gasteiger partial charge >= 0.3 is 7.60 Å². The first-order chi connectivity index (χ1) is 10.3. The number of anilines is 1. The summed E-state index contributed by atoms with van der Waals surface area (Å²) < 4.78 is 17.4. The number of aliphatic hydroxyl groups excluding tert-OH is 1. The molecule has 0 saturated carbocycles. The van der Waals surface area contributed by atoms with Crippen molar-refractivity contribution >= 4 is 24.7 Å². The molecule has 2 heterocycles. The third-order valence-electron chi connectivity index (χ3n) is 2.83. The van der Waals surface area contributed by atoms with Crippen LogP contribution in [0.2, 0.25) is 0 Å². The fraction of sp³-hybridized carbons (Fsp3) is 0.500. The van der Waals surface area contributed by atoms with Gasteiger partial charge in [0, 0.05) is 6.54 Å². The van der Waals surface area contributed by atoms with Crippen LogP contribution in [-0.4, -0.2) is 53.5 Å². The minimum absolute atomic E-state index is 0.0337. The number of aromatic nitrogens is 4. The van der Waals surface area contributed by atoms with Crippen LogP contribution < -0.4 is 11.5 Å². The maximum Gasteiger partial charge on any atom is 0.350 e. The lowest BCUT2D eigenvalue weighted by atomic mass is 10.3. The van der Waals surface area contributed by atoms with Crippen LogP contribution in [0.25, 0.3) is 11.2 Å². The Kier molecular flexibility index (Phi) is 5.06. The van der Waals surface area contributed by atoms with Crippen molar-refractivity contribution in [2.45, 2.75) is 19.2 Å². The van der Waals surface area contributed by atoms with Gasteiger partial charge in [0.2, 0.25) is 5.95 Å². The molecule has 0 amide bonds. The molecule has 22 heavy (non-hydrogen) atoms. The van der Waals surface area contributed by atoms with Crippen LogP contribution in [0.15, 0.2) is 6.33 Å². The third kappa shape index (κ3) is 3.97. The van der Waals surface area contributed by atoms with E-state index >= 15 is 0 Å². The standard InChI is InChI=1S/C10H17N6O5P/c11-1-7-8-9(15-10(12)14-7)16(4-13-8)2-6(3-17)21-5-22(18,19)20/h4,6,17H,1-3,5,11H2,(H2,12,14,15)(H2,18,19,20). The van der Waals surface area contributed by atoms with Crippen molar-refractivity contribution in [3.05, 3.63) is 12.0 Å². The van der Waals surface area contributed by atoms with E-state index in [4.69, 9.17) is 26.0 Å². The first-order valence-corrected chi connectivity index (χ1v) is 8.08. The third-order valence-corrected chi connectivity index (χ3v) is 3.31. The van der Waals surface area contributed by atoms with Gasteiger partial charge in [0.25, 0.3) is 0 Å². The zero-order valence-electron chi connectivity index (χ0n) is 11.5. The summed E-state index contributed by atoms with van der Waals surface area (Å²) in [7, 11) is -4.31. The smallest absolute Gasteiger partial charge is 0.350 e. The predicted octanol–water partition coefficient (Wildman–Crippen LogP) is -1.62. The number of aliphatic hydroxyl groups is 1. The molecule has 7 N–H and O–H groups in total. The quantitative estimate of drug-likeness (QED) is 0.369. The van der Waals surface area contributed by atoms with Gasteiger partial charge in [-0.05, 0) is 0 Å². The van der Waals surface area contributed by atoms with Crippen LogP contribution in [0.3, 0.4) is 0 Å². The molecule has 0 aliphatic carbocycles. The molecule has 1 atom stereocenters. The van der Waals surface area contributed by atoms with Crippen molar-refractivity contribution in [1.29, 1.82) is 0 Å². The Morgan fingerprint density at radius 2 is 2.14 bits per heavy atom. The average Bonchev–Trinajstić information content (AvgIpc) is 2.84. The van der Waals surface area contributed by atoms with E-state index in [1.165, 1.54) is 6.33 Å². The summed E-state index contributed by atoms with van der Waals surface area (Å²) in [4.78, 5) is 29.8. The first kappa shape index (κ1) is 16.7. The first-order valence-electron chi connectivity index (χ1n) is 6.28. The number of nitrogens with zero attached hydrogens (tertiary/aromatic N) is 4. The topological polar surface area (TPSA) is 183 Å². The van der Waals surface area contributed by atoms with Gasteiger partial charge in [0.05, 0.1) is 31.3 Å². The van der Waals surface area contributed by atoms with Crippen molar-refractivity contribution in [3.8, 4) is 0 Å². The van der Waals surface area contributed by atoms with E-state index in [0.717, 1.165) is 0 Å². The van der Waals surface area contributed by atoms with Crippen molar-refractivity contribution in [3.63, 3.8) is 0 Å². The minimum Gasteiger partial charge on any atom is -0.394 e. The van der Waals surface area contributed by atoms with Gasteiger partial charge in [-0.2, -0.15) is 4.98 Å². The lowest BCUT2D eigenvalue weighted by molar-refractivity contribution is 0.0202. The molecule has 0 bridgehead atoms. The molecular formula is C10H17N6O5P. The Morgan fingerprint density at radius 3 is 2.73 bits per heavy atom. The highest BCUT2D eigenvalue weighted by atomic mass is 31.2. The zero-order chi connectivity index (χ0) is 16.3. The van der Waals surface area contributed by atoms with E-state index in [0.29, 0.717) is 16.9 Å². The van der Waals surface area contributed by atoms with Crippen molar-refractivity contribution in [2.75, 3.05) is 18.7 Å². The maximum absolute atomic E-state index is 10.8. The number of nitrogens with two attached hydrogens (primary N) is 2. The average molecular weight is 332 g/mol. The second-order valence-electron chi connectivity index (χ2n) is 4.57. The van der Waals surface area contributed by atoms with Crippen LogP contribution in [0.4, 0.5) is 5.95 Å². The van der Waals surface area contributed by atoms with E-state index in [-0.39, 0.29) is 19.0 Å². The van der Waals surface area contributed by atoms with Gasteiger partial charge in [0.1, 0.15) is 11.9 Å². The van der Waals surface area contributed by atoms with E-state index < -0.39 is 26.7 Å². The number of fused-ring (bicyclic) bond motifs is 1. The molecule has 11 nitrogen and oxygen atoms in total. The maximum atomic E-state index is 10.8. The summed E-state index contributed by atoms with van der Waals surface area (Å²) in [5.41, 5.74) is 12.5. The summed E-state index contributed by atoms with van der Waals surface area (Å²) in [6, 6.07) is 0. The van der Waals surface area contributed by atoms with Crippen LogP contribution in [0.5, 0.6) is 0 Å². The largest absolute Gasteiger partial charge is 0.394 e. The molecule has 0 spiro atoms. The molecule has 2 aromatic heterocycles. The number of hydrogen-bond acceptors (Lipinski definition) is 8. The number of imidazole rings is 1. The number of hydrogen-bond donors (Lipinski definition) is 5. The molecule has 2 rings (SSSR count). The summed E-state index contributed by atoms with van der Waals surface area (Å²) in [6.07, 6.45) is -0.167. The Balaban J connectivity index is 2.23. The normalized spacial score (nSPS) is 13.6. The van der Waals surface area contributed by atoms with Gasteiger partial charge in [-0.3, -0.25) is 4.57 Å². The Bertz CT molecular complexity index is 700. The minimum atomic E-state index is -4.31. The van der Waals surface area contributed by atoms with Crippen molar-refractivity contribution in [1.82, 2.24) is 19.5 Å². The van der Waals surface area contributed by atoms with Gasteiger partial charge in [-0.15, -0.1) is 0 Å². The summed E-state index contributed by atoms with van der Waals surface area (Å²) in [6.45, 7) is -0.199. The van der Waals surface area contributed by atoms with Crippen LogP contribution in [0.1, 0.15) is 5.69 Å². The van der Waals surface area contributed by atoms with Gasteiger partial charge in [0.15, 0.2) is 5.65 Å². The molecule has 12 heteroatoms. The fourth-order valence-corrected chi connectivity index (χ4v) is 2.29. The van der Waals surface area contributed by atoms with Gasteiger partial charge in [-0.1, -0.05) is 0 Å².